The van der Waals surface area contributed by atoms with E-state index in [-0.39, 0.29) is 6.04 Å². The quantitative estimate of drug-likeness (QED) is 0.910. The molecule has 2 N–H and O–H groups in total. The van der Waals surface area contributed by atoms with E-state index < -0.39 is 0 Å². The Kier molecular flexibility index (Phi) is 3.61. The summed E-state index contributed by atoms with van der Waals surface area (Å²) in [6.07, 6.45) is 0.911. The lowest BCUT2D eigenvalue weighted by Gasteiger charge is -2.17. The number of hydrogen-bond acceptors (Lipinski definition) is 3. The normalized spacial score (nSPS) is 15.5. The van der Waals surface area contributed by atoms with E-state index in [0.29, 0.717) is 13.2 Å². The summed E-state index contributed by atoms with van der Waals surface area (Å²) >= 11 is 0. The Morgan fingerprint density at radius 3 is 2.55 bits per heavy atom. The fourth-order valence-electron chi connectivity index (χ4n) is 2.49. The van der Waals surface area contributed by atoms with Gasteiger partial charge in [0, 0.05) is 6.42 Å². The van der Waals surface area contributed by atoms with Crippen LogP contribution in [-0.4, -0.2) is 13.2 Å². The minimum Gasteiger partial charge on any atom is -0.490 e. The maximum absolute atomic E-state index is 6.39. The molecule has 2 aromatic carbocycles. The van der Waals surface area contributed by atoms with Crippen LogP contribution < -0.4 is 15.2 Å². The fraction of sp³-hybridized carbons (Fsp3) is 0.294. The van der Waals surface area contributed by atoms with Crippen LogP contribution >= 0.6 is 0 Å². The molecule has 0 radical (unpaired) electrons. The van der Waals surface area contributed by atoms with E-state index >= 15 is 0 Å². The molecule has 3 rings (SSSR count). The third kappa shape index (κ3) is 2.49. The van der Waals surface area contributed by atoms with Gasteiger partial charge in [-0.1, -0.05) is 30.3 Å². The number of fused-ring (bicyclic) bond motifs is 1. The first kappa shape index (κ1) is 13.0. The second kappa shape index (κ2) is 5.55. The van der Waals surface area contributed by atoms with Crippen molar-refractivity contribution in [1.82, 2.24) is 0 Å². The molecule has 3 nitrogen and oxygen atoms in total. The van der Waals surface area contributed by atoms with Gasteiger partial charge in [-0.3, -0.25) is 0 Å². The molecule has 1 atom stereocenters. The van der Waals surface area contributed by atoms with Crippen LogP contribution in [-0.2, 0) is 0 Å². The average molecular weight is 269 g/mol. The van der Waals surface area contributed by atoms with E-state index in [9.17, 15) is 0 Å². The Hall–Kier alpha value is -2.00. The van der Waals surface area contributed by atoms with Gasteiger partial charge in [0.2, 0.25) is 0 Å². The molecule has 1 aliphatic heterocycles. The van der Waals surface area contributed by atoms with Crippen molar-refractivity contribution in [3.8, 4) is 11.5 Å². The van der Waals surface area contributed by atoms with Gasteiger partial charge in [0.1, 0.15) is 0 Å². The van der Waals surface area contributed by atoms with E-state index in [2.05, 4.69) is 19.1 Å². The molecule has 104 valence electrons. The van der Waals surface area contributed by atoms with Crippen molar-refractivity contribution in [1.29, 1.82) is 0 Å². The summed E-state index contributed by atoms with van der Waals surface area (Å²) in [5, 5.41) is 0. The van der Waals surface area contributed by atoms with Gasteiger partial charge in [0.15, 0.2) is 11.5 Å². The summed E-state index contributed by atoms with van der Waals surface area (Å²) in [6.45, 7) is 3.48. The maximum atomic E-state index is 6.39. The molecule has 1 heterocycles. The number of benzene rings is 2. The summed E-state index contributed by atoms with van der Waals surface area (Å²) in [4.78, 5) is 0. The number of ether oxygens (including phenoxy) is 2. The molecule has 0 aromatic heterocycles. The van der Waals surface area contributed by atoms with Crippen molar-refractivity contribution in [3.63, 3.8) is 0 Å². The van der Waals surface area contributed by atoms with Gasteiger partial charge in [0.05, 0.1) is 19.3 Å². The molecule has 20 heavy (non-hydrogen) atoms. The van der Waals surface area contributed by atoms with Crippen LogP contribution in [0.15, 0.2) is 42.5 Å². The zero-order valence-corrected chi connectivity index (χ0v) is 11.6. The third-order valence-corrected chi connectivity index (χ3v) is 3.65. The van der Waals surface area contributed by atoms with Crippen LogP contribution in [0.4, 0.5) is 0 Å². The monoisotopic (exact) mass is 269 g/mol. The summed E-state index contributed by atoms with van der Waals surface area (Å²) in [6, 6.07) is 14.0. The Labute approximate surface area is 119 Å². The largest absolute Gasteiger partial charge is 0.490 e. The smallest absolute Gasteiger partial charge is 0.161 e. The highest BCUT2D eigenvalue weighted by Crippen LogP contribution is 2.33. The first-order chi connectivity index (χ1) is 9.75. The highest BCUT2D eigenvalue weighted by Gasteiger charge is 2.16. The summed E-state index contributed by atoms with van der Waals surface area (Å²) < 4.78 is 11.4. The van der Waals surface area contributed by atoms with Crippen molar-refractivity contribution >= 4 is 0 Å². The molecule has 0 saturated heterocycles. The van der Waals surface area contributed by atoms with Crippen LogP contribution in [0.2, 0.25) is 0 Å². The fourth-order valence-corrected chi connectivity index (χ4v) is 2.49. The van der Waals surface area contributed by atoms with E-state index in [4.69, 9.17) is 15.2 Å². The van der Waals surface area contributed by atoms with Crippen molar-refractivity contribution < 1.29 is 9.47 Å². The summed E-state index contributed by atoms with van der Waals surface area (Å²) in [5.41, 5.74) is 9.78. The van der Waals surface area contributed by atoms with Gasteiger partial charge in [-0.05, 0) is 35.7 Å². The molecular formula is C17H19NO2. The number of hydrogen-bond donors (Lipinski definition) is 1. The lowest BCUT2D eigenvalue weighted by atomic mass is 9.95. The standard InChI is InChI=1S/C17H19NO2/c1-12-5-2-3-6-14(12)17(18)13-7-8-15-16(11-13)20-10-4-9-19-15/h2-3,5-8,11,17H,4,9-10,18H2,1H3. The third-order valence-electron chi connectivity index (χ3n) is 3.65. The Morgan fingerprint density at radius 2 is 1.75 bits per heavy atom. The molecule has 2 aromatic rings. The molecule has 0 aliphatic carbocycles. The lowest BCUT2D eigenvalue weighted by molar-refractivity contribution is 0.297. The van der Waals surface area contributed by atoms with Gasteiger partial charge < -0.3 is 15.2 Å². The van der Waals surface area contributed by atoms with Crippen molar-refractivity contribution in [2.75, 3.05) is 13.2 Å². The topological polar surface area (TPSA) is 44.5 Å². The van der Waals surface area contributed by atoms with Crippen LogP contribution in [0, 0.1) is 6.92 Å². The second-order valence-corrected chi connectivity index (χ2v) is 5.09. The zero-order valence-electron chi connectivity index (χ0n) is 11.6. The number of rotatable bonds is 2. The molecule has 0 fully saturated rings. The lowest BCUT2D eigenvalue weighted by Crippen LogP contribution is -2.13. The van der Waals surface area contributed by atoms with E-state index in [1.165, 1.54) is 5.56 Å². The van der Waals surface area contributed by atoms with Crippen LogP contribution in [0.25, 0.3) is 0 Å². The molecule has 0 spiro atoms. The molecule has 1 unspecified atom stereocenters. The summed E-state index contributed by atoms with van der Waals surface area (Å²) in [7, 11) is 0. The van der Waals surface area contributed by atoms with Crippen LogP contribution in [0.1, 0.15) is 29.2 Å². The Bertz CT molecular complexity index is 610. The zero-order chi connectivity index (χ0) is 13.9. The maximum Gasteiger partial charge on any atom is 0.161 e. The van der Waals surface area contributed by atoms with E-state index in [0.717, 1.165) is 29.0 Å². The first-order valence-corrected chi connectivity index (χ1v) is 6.96. The number of nitrogens with two attached hydrogens (primary N) is 1. The number of aryl methyl sites for hydroxylation is 1. The van der Waals surface area contributed by atoms with Gasteiger partial charge in [-0.2, -0.15) is 0 Å². The van der Waals surface area contributed by atoms with Crippen molar-refractivity contribution in [3.05, 3.63) is 59.2 Å². The SMILES string of the molecule is Cc1ccccc1C(N)c1ccc2c(c1)OCCCO2. The highest BCUT2D eigenvalue weighted by molar-refractivity contribution is 5.47. The highest BCUT2D eigenvalue weighted by atomic mass is 16.5. The minimum atomic E-state index is -0.145. The second-order valence-electron chi connectivity index (χ2n) is 5.09. The van der Waals surface area contributed by atoms with E-state index in [1.807, 2.05) is 30.3 Å². The predicted molar refractivity (Wildman–Crippen MR) is 79.3 cm³/mol. The van der Waals surface area contributed by atoms with E-state index in [1.54, 1.807) is 0 Å². The van der Waals surface area contributed by atoms with Crippen LogP contribution in [0.3, 0.4) is 0 Å². The van der Waals surface area contributed by atoms with Gasteiger partial charge in [-0.25, -0.2) is 0 Å². The summed E-state index contributed by atoms with van der Waals surface area (Å²) in [5.74, 6) is 1.60. The molecule has 0 amide bonds. The Morgan fingerprint density at radius 1 is 1.00 bits per heavy atom. The van der Waals surface area contributed by atoms with Crippen LogP contribution in [0.5, 0.6) is 11.5 Å². The van der Waals surface area contributed by atoms with Gasteiger partial charge >= 0.3 is 0 Å². The predicted octanol–water partition coefficient (Wildman–Crippen LogP) is 3.20. The molecule has 3 heteroatoms. The van der Waals surface area contributed by atoms with Crippen molar-refractivity contribution in [2.45, 2.75) is 19.4 Å². The first-order valence-electron chi connectivity index (χ1n) is 6.96. The van der Waals surface area contributed by atoms with Gasteiger partial charge in [0.25, 0.3) is 0 Å². The van der Waals surface area contributed by atoms with Gasteiger partial charge in [-0.15, -0.1) is 0 Å². The minimum absolute atomic E-state index is 0.145. The molecule has 0 saturated carbocycles. The van der Waals surface area contributed by atoms with Crippen molar-refractivity contribution in [2.24, 2.45) is 5.73 Å². The molecular weight excluding hydrogens is 250 g/mol. The average Bonchev–Trinajstić information content (AvgIpc) is 2.71. The Balaban J connectivity index is 1.94. The molecule has 1 aliphatic rings. The molecule has 0 bridgehead atoms.